The van der Waals surface area contributed by atoms with Crippen molar-refractivity contribution in [3.63, 3.8) is 0 Å². The molecule has 1 heterocycles. The van der Waals surface area contributed by atoms with Gasteiger partial charge < -0.3 is 10.1 Å². The van der Waals surface area contributed by atoms with Crippen molar-refractivity contribution in [2.75, 3.05) is 12.1 Å². The lowest BCUT2D eigenvalue weighted by molar-refractivity contribution is 0.247. The van der Waals surface area contributed by atoms with Gasteiger partial charge in [-0.3, -0.25) is 0 Å². The highest BCUT2D eigenvalue weighted by Gasteiger charge is 2.38. The number of carbonyl (C=O) groups is 1. The smallest absolute Gasteiger partial charge is 0.338 e. The lowest BCUT2D eigenvalue weighted by atomic mass is 10.0. The second-order valence-corrected chi connectivity index (χ2v) is 5.71. The molecule has 2 amide bonds. The average molecular weight is 315 g/mol. The maximum atomic E-state index is 13.0. The van der Waals surface area contributed by atoms with E-state index in [0.717, 1.165) is 11.3 Å². The number of amides is 2. The van der Waals surface area contributed by atoms with Crippen LogP contribution in [0, 0.1) is 5.82 Å². The number of urea groups is 1. The molecule has 1 aliphatic heterocycles. The molecule has 1 aliphatic rings. The van der Waals surface area contributed by atoms with Crippen molar-refractivity contribution in [3.8, 4) is 5.75 Å². The highest BCUT2D eigenvalue weighted by molar-refractivity contribution is 5.93. The third-order valence-corrected chi connectivity index (χ3v) is 3.75. The fraction of sp³-hybridized carbons (Fsp3) is 0.235. The molecule has 1 fully saturated rings. The van der Waals surface area contributed by atoms with Gasteiger partial charge in [-0.25, -0.2) is 19.6 Å². The molecule has 1 saturated heterocycles. The number of anilines is 1. The Labute approximate surface area is 134 Å². The van der Waals surface area contributed by atoms with Crippen LogP contribution in [0.1, 0.15) is 12.5 Å². The van der Waals surface area contributed by atoms with Gasteiger partial charge in [0.05, 0.1) is 12.8 Å². The molecule has 0 saturated carbocycles. The number of hydrazine groups is 1. The first-order valence-electron chi connectivity index (χ1n) is 7.28. The highest BCUT2D eigenvalue weighted by atomic mass is 19.1. The zero-order valence-corrected chi connectivity index (χ0v) is 13.0. The van der Waals surface area contributed by atoms with Crippen molar-refractivity contribution in [1.82, 2.24) is 10.7 Å². The normalized spacial score (nSPS) is 20.5. The number of carbonyl (C=O) groups excluding carboxylic acids is 1. The Kier molecular flexibility index (Phi) is 3.92. The van der Waals surface area contributed by atoms with E-state index in [1.165, 1.54) is 17.1 Å². The van der Waals surface area contributed by atoms with E-state index in [0.29, 0.717) is 12.1 Å². The number of hydrogen-bond donors (Lipinski definition) is 2. The van der Waals surface area contributed by atoms with Crippen molar-refractivity contribution in [2.45, 2.75) is 19.0 Å². The van der Waals surface area contributed by atoms with Gasteiger partial charge >= 0.3 is 6.03 Å². The van der Waals surface area contributed by atoms with Gasteiger partial charge in [-0.05, 0) is 48.9 Å². The van der Waals surface area contributed by atoms with Gasteiger partial charge in [-0.2, -0.15) is 0 Å². The van der Waals surface area contributed by atoms with Crippen LogP contribution in [-0.4, -0.2) is 18.8 Å². The second-order valence-electron chi connectivity index (χ2n) is 5.71. The molecule has 120 valence electrons. The minimum Gasteiger partial charge on any atom is -0.497 e. The van der Waals surface area contributed by atoms with Crippen LogP contribution in [0.4, 0.5) is 14.9 Å². The summed E-state index contributed by atoms with van der Waals surface area (Å²) in [6.07, 6.45) is 0.598. The number of nitrogens with zero attached hydrogens (tertiary/aromatic N) is 1. The molecule has 6 heteroatoms. The minimum atomic E-state index is -0.625. The molecule has 3 rings (SSSR count). The van der Waals surface area contributed by atoms with E-state index in [9.17, 15) is 9.18 Å². The number of hydrogen-bond acceptors (Lipinski definition) is 3. The van der Waals surface area contributed by atoms with Crippen LogP contribution in [0.5, 0.6) is 5.75 Å². The lowest BCUT2D eigenvalue weighted by Crippen LogP contribution is -2.50. The first-order chi connectivity index (χ1) is 11.0. The summed E-state index contributed by atoms with van der Waals surface area (Å²) in [6.45, 7) is 1.90. The maximum absolute atomic E-state index is 13.0. The monoisotopic (exact) mass is 315 g/mol. The number of benzene rings is 2. The van der Waals surface area contributed by atoms with Crippen molar-refractivity contribution < 1.29 is 13.9 Å². The summed E-state index contributed by atoms with van der Waals surface area (Å²) in [7, 11) is 1.62. The van der Waals surface area contributed by atoms with Gasteiger partial charge in [0.25, 0.3) is 0 Å². The Morgan fingerprint density at radius 1 is 1.13 bits per heavy atom. The first-order valence-corrected chi connectivity index (χ1v) is 7.28. The van der Waals surface area contributed by atoms with Gasteiger partial charge in [-0.1, -0.05) is 12.1 Å². The zero-order valence-electron chi connectivity index (χ0n) is 13.0. The summed E-state index contributed by atoms with van der Waals surface area (Å²) in [5.74, 6) is 0.449. The van der Waals surface area contributed by atoms with E-state index < -0.39 is 5.66 Å². The van der Waals surface area contributed by atoms with Crippen LogP contribution in [0.2, 0.25) is 0 Å². The summed E-state index contributed by atoms with van der Waals surface area (Å²) < 4.78 is 18.2. The number of nitrogens with one attached hydrogen (secondary N) is 2. The molecule has 1 atom stereocenters. The first kappa shape index (κ1) is 15.3. The Balaban J connectivity index is 1.75. The summed E-state index contributed by atoms with van der Waals surface area (Å²) in [6, 6.07) is 13.2. The molecule has 0 radical (unpaired) electrons. The summed E-state index contributed by atoms with van der Waals surface area (Å²) in [4.78, 5) is 12.2. The molecule has 0 unspecified atom stereocenters. The predicted molar refractivity (Wildman–Crippen MR) is 85.6 cm³/mol. The largest absolute Gasteiger partial charge is 0.497 e. The summed E-state index contributed by atoms with van der Waals surface area (Å²) in [5, 5.41) is 4.31. The number of methoxy groups -OCH3 is 1. The van der Waals surface area contributed by atoms with Gasteiger partial charge in [0.2, 0.25) is 0 Å². The third-order valence-electron chi connectivity index (χ3n) is 3.75. The van der Waals surface area contributed by atoms with Gasteiger partial charge in [-0.15, -0.1) is 0 Å². The van der Waals surface area contributed by atoms with Gasteiger partial charge in [0, 0.05) is 6.42 Å². The molecular formula is C17H18FN3O2. The molecule has 0 bridgehead atoms. The van der Waals surface area contributed by atoms with E-state index >= 15 is 0 Å². The SMILES string of the molecule is COc1ccc(C[C@@]2(C)NC(=O)N(c3ccc(F)cc3)N2)cc1. The summed E-state index contributed by atoms with van der Waals surface area (Å²) >= 11 is 0. The third kappa shape index (κ3) is 3.27. The topological polar surface area (TPSA) is 53.6 Å². The molecule has 2 aromatic carbocycles. The molecule has 2 aromatic rings. The summed E-state index contributed by atoms with van der Waals surface area (Å²) in [5.41, 5.74) is 4.17. The minimum absolute atomic E-state index is 0.271. The number of halogens is 1. The molecule has 0 spiro atoms. The fourth-order valence-corrected chi connectivity index (χ4v) is 2.62. The van der Waals surface area contributed by atoms with Crippen LogP contribution in [0.25, 0.3) is 0 Å². The van der Waals surface area contributed by atoms with Gasteiger partial charge in [0.15, 0.2) is 0 Å². The number of rotatable bonds is 4. The van der Waals surface area contributed by atoms with E-state index in [1.54, 1.807) is 19.2 Å². The van der Waals surface area contributed by atoms with Crippen molar-refractivity contribution in [2.24, 2.45) is 0 Å². The number of ether oxygens (including phenoxy) is 1. The van der Waals surface area contributed by atoms with Crippen LogP contribution >= 0.6 is 0 Å². The van der Waals surface area contributed by atoms with Crippen molar-refractivity contribution >= 4 is 11.7 Å². The second kappa shape index (κ2) is 5.89. The lowest BCUT2D eigenvalue weighted by Gasteiger charge is -2.25. The molecule has 5 nitrogen and oxygen atoms in total. The van der Waals surface area contributed by atoms with E-state index in [4.69, 9.17) is 4.74 Å². The molecule has 23 heavy (non-hydrogen) atoms. The average Bonchev–Trinajstić information content (AvgIpc) is 2.83. The Morgan fingerprint density at radius 3 is 2.39 bits per heavy atom. The standard InChI is InChI=1S/C17H18FN3O2/c1-17(11-12-3-9-15(23-2)10-4-12)19-16(22)21(20-17)14-7-5-13(18)6-8-14/h3-10,20H,11H2,1-2H3,(H,19,22)/t17-/m0/s1. The van der Waals surface area contributed by atoms with E-state index in [2.05, 4.69) is 10.7 Å². The van der Waals surface area contributed by atoms with E-state index in [-0.39, 0.29) is 11.8 Å². The molecular weight excluding hydrogens is 297 g/mol. The Hall–Kier alpha value is -2.60. The van der Waals surface area contributed by atoms with Crippen LogP contribution in [0.15, 0.2) is 48.5 Å². The zero-order chi connectivity index (χ0) is 16.4. The fourth-order valence-electron chi connectivity index (χ4n) is 2.62. The van der Waals surface area contributed by atoms with Crippen LogP contribution < -0.4 is 20.5 Å². The van der Waals surface area contributed by atoms with Crippen molar-refractivity contribution in [1.29, 1.82) is 0 Å². The van der Waals surface area contributed by atoms with Crippen LogP contribution in [0.3, 0.4) is 0 Å². The Bertz CT molecular complexity index is 703. The Morgan fingerprint density at radius 2 is 1.78 bits per heavy atom. The molecule has 2 N–H and O–H groups in total. The maximum Gasteiger partial charge on any atom is 0.338 e. The highest BCUT2D eigenvalue weighted by Crippen LogP contribution is 2.23. The van der Waals surface area contributed by atoms with Crippen LogP contribution in [-0.2, 0) is 6.42 Å². The quantitative estimate of drug-likeness (QED) is 0.912. The molecule has 0 aromatic heterocycles. The molecule has 0 aliphatic carbocycles. The predicted octanol–water partition coefficient (Wildman–Crippen LogP) is 2.83. The van der Waals surface area contributed by atoms with Crippen molar-refractivity contribution in [3.05, 3.63) is 59.9 Å². The van der Waals surface area contributed by atoms with E-state index in [1.807, 2.05) is 31.2 Å². The van der Waals surface area contributed by atoms with Gasteiger partial charge in [0.1, 0.15) is 17.2 Å².